The molecule has 0 fully saturated rings. The van der Waals surface area contributed by atoms with Gasteiger partial charge in [-0.25, -0.2) is 4.79 Å². The van der Waals surface area contributed by atoms with Crippen molar-refractivity contribution >= 4 is 38.5 Å². The van der Waals surface area contributed by atoms with Crippen LogP contribution in [0, 0.1) is 13.8 Å². The molecule has 1 N–H and O–H groups in total. The lowest BCUT2D eigenvalue weighted by molar-refractivity contribution is -0.116. The number of hydrogen-bond donors (Lipinski definition) is 1. The third-order valence-corrected chi connectivity index (χ3v) is 4.70. The maximum Gasteiger partial charge on any atom is 0.339 e. The molecular formula is C20H18BrNO3. The SMILES string of the molecule is Cc1ccc2c(C)c(CCC(=O)Nc3ccc(Br)cc3)c(=O)oc2c1. The van der Waals surface area contributed by atoms with Crippen LogP contribution < -0.4 is 10.9 Å². The van der Waals surface area contributed by atoms with E-state index in [9.17, 15) is 9.59 Å². The Balaban J connectivity index is 1.76. The van der Waals surface area contributed by atoms with Crippen molar-refractivity contribution in [1.82, 2.24) is 0 Å². The molecule has 0 aliphatic carbocycles. The highest BCUT2D eigenvalue weighted by atomic mass is 79.9. The summed E-state index contributed by atoms with van der Waals surface area (Å²) >= 11 is 3.36. The van der Waals surface area contributed by atoms with Crippen molar-refractivity contribution in [1.29, 1.82) is 0 Å². The van der Waals surface area contributed by atoms with Crippen molar-refractivity contribution in [3.8, 4) is 0 Å². The number of aryl methyl sites for hydroxylation is 2. The smallest absolute Gasteiger partial charge is 0.339 e. The molecule has 0 spiro atoms. The Morgan fingerprint density at radius 1 is 1.12 bits per heavy atom. The Hall–Kier alpha value is -2.40. The number of halogens is 1. The van der Waals surface area contributed by atoms with Crippen LogP contribution in [0.4, 0.5) is 5.69 Å². The van der Waals surface area contributed by atoms with Gasteiger partial charge >= 0.3 is 5.63 Å². The van der Waals surface area contributed by atoms with Crippen LogP contribution in [-0.4, -0.2) is 5.91 Å². The maximum absolute atomic E-state index is 12.3. The molecule has 0 saturated carbocycles. The fraction of sp³-hybridized carbons (Fsp3) is 0.200. The molecule has 25 heavy (non-hydrogen) atoms. The molecule has 4 nitrogen and oxygen atoms in total. The number of carbonyl (C=O) groups is 1. The Morgan fingerprint density at radius 2 is 1.84 bits per heavy atom. The summed E-state index contributed by atoms with van der Waals surface area (Å²) in [6.07, 6.45) is 0.569. The Kier molecular flexibility index (Phi) is 5.04. The van der Waals surface area contributed by atoms with Crippen LogP contribution in [-0.2, 0) is 11.2 Å². The summed E-state index contributed by atoms with van der Waals surface area (Å²) in [5.74, 6) is -0.134. The third-order valence-electron chi connectivity index (χ3n) is 4.17. The molecule has 128 valence electrons. The number of carbonyl (C=O) groups excluding carboxylic acids is 1. The maximum atomic E-state index is 12.3. The molecule has 3 aromatic rings. The second kappa shape index (κ2) is 7.23. The van der Waals surface area contributed by atoms with E-state index >= 15 is 0 Å². The van der Waals surface area contributed by atoms with Crippen LogP contribution in [0.5, 0.6) is 0 Å². The van der Waals surface area contributed by atoms with Gasteiger partial charge < -0.3 is 9.73 Å². The van der Waals surface area contributed by atoms with Crippen molar-refractivity contribution in [3.63, 3.8) is 0 Å². The minimum absolute atomic E-state index is 0.134. The fourth-order valence-electron chi connectivity index (χ4n) is 2.79. The monoisotopic (exact) mass is 399 g/mol. The molecule has 2 aromatic carbocycles. The topological polar surface area (TPSA) is 59.3 Å². The van der Waals surface area contributed by atoms with Crippen LogP contribution in [0.15, 0.2) is 56.1 Å². The standard InChI is InChI=1S/C20H18BrNO3/c1-12-3-8-16-13(2)17(20(24)25-18(16)11-12)9-10-19(23)22-15-6-4-14(21)5-7-15/h3-8,11H,9-10H2,1-2H3,(H,22,23). The first-order valence-corrected chi connectivity index (χ1v) is 8.81. The molecule has 0 atom stereocenters. The van der Waals surface area contributed by atoms with Crippen LogP contribution in [0.25, 0.3) is 11.0 Å². The average Bonchev–Trinajstić information content (AvgIpc) is 2.56. The number of anilines is 1. The first-order chi connectivity index (χ1) is 11.9. The first kappa shape index (κ1) is 17.4. The highest BCUT2D eigenvalue weighted by Gasteiger charge is 2.13. The van der Waals surface area contributed by atoms with Gasteiger partial charge in [-0.1, -0.05) is 28.1 Å². The zero-order valence-corrected chi connectivity index (χ0v) is 15.6. The first-order valence-electron chi connectivity index (χ1n) is 8.02. The van der Waals surface area contributed by atoms with Crippen LogP contribution in [0.1, 0.15) is 23.1 Å². The molecule has 0 bridgehead atoms. The van der Waals surface area contributed by atoms with Gasteiger partial charge in [-0.2, -0.15) is 0 Å². The number of amides is 1. The molecule has 0 saturated heterocycles. The van der Waals surface area contributed by atoms with Gasteiger partial charge in [0, 0.05) is 27.5 Å². The van der Waals surface area contributed by atoms with Gasteiger partial charge in [0.2, 0.25) is 5.91 Å². The summed E-state index contributed by atoms with van der Waals surface area (Å²) in [5, 5.41) is 3.74. The van der Waals surface area contributed by atoms with Crippen LogP contribution in [0.2, 0.25) is 0 Å². The third kappa shape index (κ3) is 3.99. The van der Waals surface area contributed by atoms with E-state index in [1.165, 1.54) is 0 Å². The van der Waals surface area contributed by atoms with Gasteiger partial charge in [0.15, 0.2) is 0 Å². The number of rotatable bonds is 4. The normalized spacial score (nSPS) is 10.8. The van der Waals surface area contributed by atoms with Gasteiger partial charge in [-0.3, -0.25) is 4.79 Å². The van der Waals surface area contributed by atoms with E-state index in [0.717, 1.165) is 26.7 Å². The quantitative estimate of drug-likeness (QED) is 0.644. The van der Waals surface area contributed by atoms with Crippen molar-refractivity contribution in [2.45, 2.75) is 26.7 Å². The molecule has 5 heteroatoms. The lowest BCUT2D eigenvalue weighted by Crippen LogP contribution is -2.16. The van der Waals surface area contributed by atoms with E-state index in [1.54, 1.807) is 0 Å². The summed E-state index contributed by atoms with van der Waals surface area (Å²) in [6.45, 7) is 3.85. The number of nitrogens with one attached hydrogen (secondary N) is 1. The lowest BCUT2D eigenvalue weighted by atomic mass is 10.0. The zero-order valence-electron chi connectivity index (χ0n) is 14.1. The molecule has 0 aliphatic heterocycles. The Bertz CT molecular complexity index is 990. The molecule has 0 aliphatic rings. The summed E-state index contributed by atoms with van der Waals surface area (Å²) in [6, 6.07) is 13.2. The van der Waals surface area contributed by atoms with Crippen LogP contribution >= 0.6 is 15.9 Å². The predicted molar refractivity (Wildman–Crippen MR) is 103 cm³/mol. The Labute approximate surface area is 154 Å². The van der Waals surface area contributed by atoms with Crippen molar-refractivity contribution < 1.29 is 9.21 Å². The van der Waals surface area contributed by atoms with Crippen molar-refractivity contribution in [3.05, 3.63) is 74.0 Å². The number of benzene rings is 2. The minimum atomic E-state index is -0.368. The summed E-state index contributed by atoms with van der Waals surface area (Å²) in [7, 11) is 0. The summed E-state index contributed by atoms with van der Waals surface area (Å²) in [4.78, 5) is 24.4. The van der Waals surface area contributed by atoms with Crippen molar-refractivity contribution in [2.75, 3.05) is 5.32 Å². The average molecular weight is 400 g/mol. The second-order valence-electron chi connectivity index (χ2n) is 6.05. The van der Waals surface area contributed by atoms with E-state index in [0.29, 0.717) is 17.6 Å². The number of hydrogen-bond acceptors (Lipinski definition) is 3. The van der Waals surface area contributed by atoms with Gasteiger partial charge in [0.05, 0.1) is 0 Å². The van der Waals surface area contributed by atoms with Gasteiger partial charge in [-0.15, -0.1) is 0 Å². The lowest BCUT2D eigenvalue weighted by Gasteiger charge is -2.09. The molecule has 0 unspecified atom stereocenters. The molecule has 3 rings (SSSR count). The molecule has 1 amide bonds. The highest BCUT2D eigenvalue weighted by Crippen LogP contribution is 2.21. The Morgan fingerprint density at radius 3 is 2.56 bits per heavy atom. The van der Waals surface area contributed by atoms with Gasteiger partial charge in [0.1, 0.15) is 5.58 Å². The fourth-order valence-corrected chi connectivity index (χ4v) is 3.05. The molecular weight excluding hydrogens is 382 g/mol. The van der Waals surface area contributed by atoms with E-state index in [1.807, 2.05) is 56.3 Å². The minimum Gasteiger partial charge on any atom is -0.423 e. The number of fused-ring (bicyclic) bond motifs is 1. The second-order valence-corrected chi connectivity index (χ2v) is 6.96. The largest absolute Gasteiger partial charge is 0.423 e. The molecule has 1 heterocycles. The van der Waals surface area contributed by atoms with E-state index in [2.05, 4.69) is 21.2 Å². The van der Waals surface area contributed by atoms with Crippen LogP contribution in [0.3, 0.4) is 0 Å². The van der Waals surface area contributed by atoms with Gasteiger partial charge in [-0.05, 0) is 61.7 Å². The molecule has 1 aromatic heterocycles. The van der Waals surface area contributed by atoms with E-state index < -0.39 is 0 Å². The summed E-state index contributed by atoms with van der Waals surface area (Å²) in [5.41, 5.74) is 3.42. The van der Waals surface area contributed by atoms with E-state index in [4.69, 9.17) is 4.42 Å². The van der Waals surface area contributed by atoms with Crippen molar-refractivity contribution in [2.24, 2.45) is 0 Å². The highest BCUT2D eigenvalue weighted by molar-refractivity contribution is 9.10. The van der Waals surface area contributed by atoms with Gasteiger partial charge in [0.25, 0.3) is 0 Å². The predicted octanol–water partition coefficient (Wildman–Crippen LogP) is 4.74. The summed E-state index contributed by atoms with van der Waals surface area (Å²) < 4.78 is 6.37. The molecule has 0 radical (unpaired) electrons. The zero-order chi connectivity index (χ0) is 18.0. The van der Waals surface area contributed by atoms with E-state index in [-0.39, 0.29) is 18.0 Å².